The van der Waals surface area contributed by atoms with Crippen LogP contribution in [-0.2, 0) is 20.4 Å². The first-order chi connectivity index (χ1) is 10.0. The van der Waals surface area contributed by atoms with E-state index >= 15 is 0 Å². The molecule has 1 N–H and O–H groups in total. The standard InChI is InChI=1S/C15H20N2O3S/c1-3-21(20)10-9-17-11(2)14(18)16-13(15(17)19)12-7-5-4-6-8-12/h4-8,11,13H,3,9-10H2,1-2H3,(H,16,18). The topological polar surface area (TPSA) is 66.5 Å². The van der Waals surface area contributed by atoms with Gasteiger partial charge in [0.15, 0.2) is 0 Å². The van der Waals surface area contributed by atoms with E-state index in [2.05, 4.69) is 5.32 Å². The Morgan fingerprint density at radius 2 is 1.90 bits per heavy atom. The maximum atomic E-state index is 12.6. The summed E-state index contributed by atoms with van der Waals surface area (Å²) in [5.41, 5.74) is 0.768. The van der Waals surface area contributed by atoms with Crippen molar-refractivity contribution in [2.45, 2.75) is 25.9 Å². The van der Waals surface area contributed by atoms with Crippen LogP contribution in [0.3, 0.4) is 0 Å². The van der Waals surface area contributed by atoms with Gasteiger partial charge >= 0.3 is 0 Å². The number of hydrogen-bond acceptors (Lipinski definition) is 3. The van der Waals surface area contributed by atoms with E-state index < -0.39 is 22.9 Å². The zero-order chi connectivity index (χ0) is 15.4. The molecule has 1 aromatic rings. The lowest BCUT2D eigenvalue weighted by molar-refractivity contribution is -0.148. The Morgan fingerprint density at radius 3 is 2.52 bits per heavy atom. The van der Waals surface area contributed by atoms with E-state index in [1.807, 2.05) is 37.3 Å². The van der Waals surface area contributed by atoms with Crippen LogP contribution in [0.2, 0.25) is 0 Å². The van der Waals surface area contributed by atoms with Crippen LogP contribution in [0, 0.1) is 0 Å². The van der Waals surface area contributed by atoms with Crippen LogP contribution in [0.15, 0.2) is 30.3 Å². The zero-order valence-corrected chi connectivity index (χ0v) is 13.1. The minimum atomic E-state index is -0.951. The van der Waals surface area contributed by atoms with E-state index in [0.29, 0.717) is 18.1 Å². The van der Waals surface area contributed by atoms with Gasteiger partial charge in [-0.1, -0.05) is 37.3 Å². The summed E-state index contributed by atoms with van der Waals surface area (Å²) in [5.74, 6) is 0.652. The summed E-state index contributed by atoms with van der Waals surface area (Å²) in [5, 5.41) is 2.76. The van der Waals surface area contributed by atoms with E-state index in [1.54, 1.807) is 6.92 Å². The molecule has 0 bridgehead atoms. The highest BCUT2D eigenvalue weighted by atomic mass is 32.2. The van der Waals surface area contributed by atoms with Crippen molar-refractivity contribution in [1.82, 2.24) is 10.2 Å². The first-order valence-corrected chi connectivity index (χ1v) is 8.54. The normalized spacial score (nSPS) is 23.8. The smallest absolute Gasteiger partial charge is 0.250 e. The number of benzene rings is 1. The average molecular weight is 308 g/mol. The predicted molar refractivity (Wildman–Crippen MR) is 82.1 cm³/mol. The van der Waals surface area contributed by atoms with Gasteiger partial charge in [0.1, 0.15) is 12.1 Å². The maximum Gasteiger partial charge on any atom is 0.250 e. The van der Waals surface area contributed by atoms with Crippen LogP contribution in [0.5, 0.6) is 0 Å². The molecule has 21 heavy (non-hydrogen) atoms. The van der Waals surface area contributed by atoms with Gasteiger partial charge in [-0.15, -0.1) is 0 Å². The second kappa shape index (κ2) is 6.85. The molecule has 1 saturated heterocycles. The van der Waals surface area contributed by atoms with Crippen LogP contribution in [0.1, 0.15) is 25.5 Å². The summed E-state index contributed by atoms with van der Waals surface area (Å²) in [6.45, 7) is 3.89. The van der Waals surface area contributed by atoms with Gasteiger partial charge in [0.2, 0.25) is 5.91 Å². The number of nitrogens with zero attached hydrogens (tertiary/aromatic N) is 1. The second-order valence-corrected chi connectivity index (χ2v) is 6.86. The molecule has 0 spiro atoms. The van der Waals surface area contributed by atoms with Gasteiger partial charge in [-0.3, -0.25) is 13.8 Å². The maximum absolute atomic E-state index is 12.6. The zero-order valence-electron chi connectivity index (χ0n) is 12.2. The molecule has 1 aromatic carbocycles. The van der Waals surface area contributed by atoms with Crippen molar-refractivity contribution < 1.29 is 13.8 Å². The summed E-state index contributed by atoms with van der Waals surface area (Å²) < 4.78 is 11.6. The largest absolute Gasteiger partial charge is 0.339 e. The van der Waals surface area contributed by atoms with Crippen LogP contribution in [-0.4, -0.2) is 45.0 Å². The lowest BCUT2D eigenvalue weighted by Crippen LogP contribution is -2.59. The Kier molecular flexibility index (Phi) is 5.12. The lowest BCUT2D eigenvalue weighted by atomic mass is 10.0. The Bertz CT molecular complexity index is 547. The fourth-order valence-electron chi connectivity index (χ4n) is 2.34. The third-order valence-electron chi connectivity index (χ3n) is 3.68. The van der Waals surface area contributed by atoms with Crippen molar-refractivity contribution in [2.24, 2.45) is 0 Å². The van der Waals surface area contributed by atoms with Gasteiger partial charge in [-0.25, -0.2) is 0 Å². The molecule has 6 heteroatoms. The lowest BCUT2D eigenvalue weighted by Gasteiger charge is -2.37. The Balaban J connectivity index is 2.17. The molecule has 1 aliphatic heterocycles. The molecule has 1 fully saturated rings. The number of hydrogen-bond donors (Lipinski definition) is 1. The summed E-state index contributed by atoms with van der Waals surface area (Å²) >= 11 is 0. The molecule has 0 saturated carbocycles. The molecule has 0 aliphatic carbocycles. The number of rotatable bonds is 5. The van der Waals surface area contributed by atoms with Crippen molar-refractivity contribution in [1.29, 1.82) is 0 Å². The van der Waals surface area contributed by atoms with Gasteiger partial charge in [0.05, 0.1) is 0 Å². The van der Waals surface area contributed by atoms with Crippen LogP contribution in [0.25, 0.3) is 0 Å². The van der Waals surface area contributed by atoms with Gasteiger partial charge in [0.25, 0.3) is 5.91 Å². The quantitative estimate of drug-likeness (QED) is 0.877. The van der Waals surface area contributed by atoms with E-state index in [4.69, 9.17) is 0 Å². The van der Waals surface area contributed by atoms with E-state index in [-0.39, 0.29) is 11.8 Å². The summed E-state index contributed by atoms with van der Waals surface area (Å²) in [7, 11) is -0.951. The highest BCUT2D eigenvalue weighted by Gasteiger charge is 2.38. The van der Waals surface area contributed by atoms with Crippen LogP contribution >= 0.6 is 0 Å². The molecule has 2 amide bonds. The first-order valence-electron chi connectivity index (χ1n) is 7.05. The molecular weight excluding hydrogens is 288 g/mol. The fraction of sp³-hybridized carbons (Fsp3) is 0.467. The number of carbonyl (C=O) groups excluding carboxylic acids is 2. The molecule has 1 heterocycles. The minimum absolute atomic E-state index is 0.138. The van der Waals surface area contributed by atoms with Gasteiger partial charge in [-0.2, -0.15) is 0 Å². The van der Waals surface area contributed by atoms with Crippen LogP contribution in [0.4, 0.5) is 0 Å². The van der Waals surface area contributed by atoms with E-state index in [9.17, 15) is 13.8 Å². The molecule has 0 radical (unpaired) electrons. The van der Waals surface area contributed by atoms with Gasteiger partial charge in [-0.05, 0) is 12.5 Å². The number of nitrogens with one attached hydrogen (secondary N) is 1. The molecule has 1 aliphatic rings. The van der Waals surface area contributed by atoms with Crippen LogP contribution < -0.4 is 5.32 Å². The third-order valence-corrected chi connectivity index (χ3v) is 4.96. The van der Waals surface area contributed by atoms with Gasteiger partial charge in [0, 0.05) is 28.9 Å². The molecule has 2 rings (SSSR count). The average Bonchev–Trinajstić information content (AvgIpc) is 2.51. The summed E-state index contributed by atoms with van der Waals surface area (Å²) in [4.78, 5) is 26.2. The SMILES string of the molecule is CCS(=O)CCN1C(=O)C(c2ccccc2)NC(=O)C1C. The molecule has 114 valence electrons. The molecule has 3 unspecified atom stereocenters. The van der Waals surface area contributed by atoms with Crippen molar-refractivity contribution in [3.63, 3.8) is 0 Å². The number of amides is 2. The number of piperazine rings is 1. The summed E-state index contributed by atoms with van der Waals surface area (Å²) in [6.07, 6.45) is 0. The highest BCUT2D eigenvalue weighted by molar-refractivity contribution is 7.84. The molecule has 5 nitrogen and oxygen atoms in total. The molecule has 3 atom stereocenters. The van der Waals surface area contributed by atoms with Crippen molar-refractivity contribution in [2.75, 3.05) is 18.1 Å². The Labute approximate surface area is 127 Å². The predicted octanol–water partition coefficient (Wildman–Crippen LogP) is 0.843. The molecule has 0 aromatic heterocycles. The Hall–Kier alpha value is -1.69. The second-order valence-electron chi connectivity index (χ2n) is 4.99. The fourth-order valence-corrected chi connectivity index (χ4v) is 3.03. The van der Waals surface area contributed by atoms with E-state index in [1.165, 1.54) is 4.90 Å². The van der Waals surface area contributed by atoms with Gasteiger partial charge < -0.3 is 10.2 Å². The third kappa shape index (κ3) is 3.50. The highest BCUT2D eigenvalue weighted by Crippen LogP contribution is 2.21. The number of carbonyl (C=O) groups is 2. The molecular formula is C15H20N2O3S. The van der Waals surface area contributed by atoms with Crippen molar-refractivity contribution in [3.8, 4) is 0 Å². The minimum Gasteiger partial charge on any atom is -0.339 e. The Morgan fingerprint density at radius 1 is 1.24 bits per heavy atom. The van der Waals surface area contributed by atoms with Crippen molar-refractivity contribution in [3.05, 3.63) is 35.9 Å². The van der Waals surface area contributed by atoms with E-state index in [0.717, 1.165) is 5.56 Å². The first kappa shape index (κ1) is 15.7. The monoisotopic (exact) mass is 308 g/mol. The van der Waals surface area contributed by atoms with Crippen molar-refractivity contribution >= 4 is 22.6 Å². The summed E-state index contributed by atoms with van der Waals surface area (Å²) in [6, 6.07) is 8.01.